The van der Waals surface area contributed by atoms with Crippen molar-refractivity contribution >= 4 is 41.4 Å². The summed E-state index contributed by atoms with van der Waals surface area (Å²) in [7, 11) is 0. The average molecular weight is 524 g/mol. The maximum atomic E-state index is 12.4. The van der Waals surface area contributed by atoms with E-state index < -0.39 is 85.5 Å². The molecule has 1 aromatic carbocycles. The summed E-state index contributed by atoms with van der Waals surface area (Å²) < 4.78 is 0. The van der Waals surface area contributed by atoms with Crippen molar-refractivity contribution in [1.82, 2.24) is 21.3 Å². The van der Waals surface area contributed by atoms with Crippen molar-refractivity contribution in [2.45, 2.75) is 37.4 Å². The summed E-state index contributed by atoms with van der Waals surface area (Å²) in [6, 6.07) is 1.50. The number of phenolic OH excluding ortho intramolecular Hbond substituents is 1. The Kier molecular flexibility index (Phi) is 12.0. The van der Waals surface area contributed by atoms with Gasteiger partial charge >= 0.3 is 5.97 Å². The van der Waals surface area contributed by atoms with Gasteiger partial charge in [-0.25, -0.2) is 4.79 Å². The number of phenols is 1. The monoisotopic (exact) mass is 523 g/mol. The molecule has 16 nitrogen and oxygen atoms in total. The number of rotatable bonds is 15. The molecule has 0 aliphatic heterocycles. The van der Waals surface area contributed by atoms with E-state index in [0.29, 0.717) is 5.56 Å². The van der Waals surface area contributed by atoms with Gasteiger partial charge in [0.1, 0.15) is 17.8 Å². The second-order valence-electron chi connectivity index (χ2n) is 7.83. The van der Waals surface area contributed by atoms with E-state index in [9.17, 15) is 43.8 Å². The molecule has 0 heterocycles. The van der Waals surface area contributed by atoms with E-state index >= 15 is 0 Å². The van der Waals surface area contributed by atoms with E-state index in [-0.39, 0.29) is 12.2 Å². The van der Waals surface area contributed by atoms with Gasteiger partial charge in [0, 0.05) is 6.42 Å². The second kappa shape index (κ2) is 14.6. The predicted octanol–water partition coefficient (Wildman–Crippen LogP) is -4.70. The van der Waals surface area contributed by atoms with Gasteiger partial charge in [-0.15, -0.1) is 0 Å². The van der Waals surface area contributed by atoms with E-state index in [0.717, 1.165) is 0 Å². The lowest BCUT2D eigenvalue weighted by Crippen LogP contribution is -2.54. The molecule has 0 saturated heterocycles. The Morgan fingerprint density at radius 2 is 1.24 bits per heavy atom. The summed E-state index contributed by atoms with van der Waals surface area (Å²) in [5.74, 6) is -6.78. The maximum absolute atomic E-state index is 12.4. The van der Waals surface area contributed by atoms with Crippen LogP contribution in [-0.2, 0) is 40.0 Å². The van der Waals surface area contributed by atoms with Crippen molar-refractivity contribution < 1.29 is 43.8 Å². The minimum Gasteiger partial charge on any atom is -0.508 e. The number of nitrogens with one attached hydrogen (secondary N) is 4. The molecule has 0 aliphatic rings. The van der Waals surface area contributed by atoms with Crippen LogP contribution in [0.3, 0.4) is 0 Å². The summed E-state index contributed by atoms with van der Waals surface area (Å²) in [6.07, 6.45) is -1.21. The SMILES string of the molecule is NC(=O)C[C@H](NC(=O)CNC(=O)[C@@H](N)CC(N)=O)C(=O)NCC(=O)N[C@@H](Cc1ccc(O)cc1)C(=O)O. The van der Waals surface area contributed by atoms with E-state index in [1.807, 2.05) is 0 Å². The Hall–Kier alpha value is -4.73. The standard InChI is InChI=1S/C21H29N7O9/c22-12(6-15(23)30)19(34)25-8-17(32)27-13(7-16(24)31)20(35)26-9-18(33)28-14(21(36)37)5-10-1-3-11(29)4-2-10/h1-4,12-14,29H,5-9,22H2,(H2,23,30)(H2,24,31)(H,25,34)(H,26,35)(H,27,32)(H,28,33)(H,36,37)/t12-,13-,14-/m0/s1. The van der Waals surface area contributed by atoms with Crippen molar-refractivity contribution in [2.75, 3.05) is 13.1 Å². The number of benzene rings is 1. The number of aromatic hydroxyl groups is 1. The van der Waals surface area contributed by atoms with Gasteiger partial charge in [0.05, 0.1) is 32.0 Å². The van der Waals surface area contributed by atoms with E-state index in [2.05, 4.69) is 21.3 Å². The van der Waals surface area contributed by atoms with Gasteiger partial charge in [-0.1, -0.05) is 12.1 Å². The van der Waals surface area contributed by atoms with Gasteiger partial charge in [0.25, 0.3) is 0 Å². The van der Waals surface area contributed by atoms with Gasteiger partial charge in [-0.3, -0.25) is 28.8 Å². The molecule has 37 heavy (non-hydrogen) atoms. The summed E-state index contributed by atoms with van der Waals surface area (Å²) >= 11 is 0. The summed E-state index contributed by atoms with van der Waals surface area (Å²) in [5, 5.41) is 27.3. The smallest absolute Gasteiger partial charge is 0.326 e. The first-order valence-corrected chi connectivity index (χ1v) is 10.8. The fraction of sp³-hybridized carbons (Fsp3) is 0.381. The Labute approximate surface area is 210 Å². The largest absolute Gasteiger partial charge is 0.508 e. The molecule has 1 aromatic rings. The Morgan fingerprint density at radius 1 is 0.757 bits per heavy atom. The summed E-state index contributed by atoms with van der Waals surface area (Å²) in [5.41, 5.74) is 16.0. The molecule has 0 aromatic heterocycles. The zero-order valence-corrected chi connectivity index (χ0v) is 19.6. The fourth-order valence-corrected chi connectivity index (χ4v) is 2.87. The zero-order valence-electron chi connectivity index (χ0n) is 19.6. The number of amides is 6. The third kappa shape index (κ3) is 12.0. The summed E-state index contributed by atoms with van der Waals surface area (Å²) in [4.78, 5) is 82.0. The molecule has 16 heteroatoms. The van der Waals surface area contributed by atoms with Gasteiger partial charge in [-0.05, 0) is 17.7 Å². The molecular formula is C21H29N7O9. The molecule has 0 fully saturated rings. The highest BCUT2D eigenvalue weighted by molar-refractivity contribution is 5.95. The van der Waals surface area contributed by atoms with Crippen LogP contribution in [0.5, 0.6) is 5.75 Å². The zero-order chi connectivity index (χ0) is 28.1. The normalized spacial score (nSPS) is 12.8. The van der Waals surface area contributed by atoms with Crippen LogP contribution in [-0.4, -0.2) is 82.8 Å². The number of carbonyl (C=O) groups excluding carboxylic acids is 6. The highest BCUT2D eigenvalue weighted by atomic mass is 16.4. The second-order valence-corrected chi connectivity index (χ2v) is 7.83. The lowest BCUT2D eigenvalue weighted by Gasteiger charge is -2.19. The van der Waals surface area contributed by atoms with Gasteiger partial charge in [0.2, 0.25) is 35.4 Å². The molecule has 0 bridgehead atoms. The van der Waals surface area contributed by atoms with E-state index in [1.54, 1.807) is 0 Å². The number of aliphatic carboxylic acids is 1. The molecule has 0 unspecified atom stereocenters. The molecule has 0 radical (unpaired) electrons. The quantitative estimate of drug-likeness (QED) is 0.106. The first-order valence-electron chi connectivity index (χ1n) is 10.8. The van der Waals surface area contributed by atoms with Crippen molar-refractivity contribution in [3.05, 3.63) is 29.8 Å². The third-order valence-electron chi connectivity index (χ3n) is 4.67. The first-order chi connectivity index (χ1) is 17.3. The lowest BCUT2D eigenvalue weighted by atomic mass is 10.1. The number of carboxylic acids is 1. The molecule has 6 amide bonds. The van der Waals surface area contributed by atoms with Crippen LogP contribution in [0.2, 0.25) is 0 Å². The first kappa shape index (κ1) is 30.3. The maximum Gasteiger partial charge on any atom is 0.326 e. The molecule has 1 rings (SSSR count). The molecule has 202 valence electrons. The topological polar surface area (TPSA) is 286 Å². The van der Waals surface area contributed by atoms with Gasteiger partial charge in [0.15, 0.2) is 0 Å². The molecule has 3 atom stereocenters. The van der Waals surface area contributed by atoms with Crippen LogP contribution < -0.4 is 38.5 Å². The molecular weight excluding hydrogens is 494 g/mol. The number of carboxylic acid groups (broad SMARTS) is 1. The number of primary amides is 2. The van der Waals surface area contributed by atoms with E-state index in [4.69, 9.17) is 17.2 Å². The fourth-order valence-electron chi connectivity index (χ4n) is 2.87. The lowest BCUT2D eigenvalue weighted by molar-refractivity contribution is -0.141. The number of carbonyl (C=O) groups is 7. The molecule has 0 spiro atoms. The third-order valence-corrected chi connectivity index (χ3v) is 4.67. The molecule has 0 aliphatic carbocycles. The Bertz CT molecular complexity index is 1030. The van der Waals surface area contributed by atoms with Crippen LogP contribution >= 0.6 is 0 Å². The number of hydrogen-bond donors (Lipinski definition) is 9. The van der Waals surface area contributed by atoms with Crippen molar-refractivity contribution in [3.8, 4) is 5.75 Å². The molecule has 12 N–H and O–H groups in total. The molecule has 0 saturated carbocycles. The van der Waals surface area contributed by atoms with Crippen LogP contribution in [0.4, 0.5) is 0 Å². The number of hydrogen-bond acceptors (Lipinski definition) is 9. The Morgan fingerprint density at radius 3 is 1.73 bits per heavy atom. The average Bonchev–Trinajstić information content (AvgIpc) is 2.80. The number of nitrogens with two attached hydrogens (primary N) is 3. The minimum atomic E-state index is -1.51. The van der Waals surface area contributed by atoms with Crippen LogP contribution in [0, 0.1) is 0 Å². The van der Waals surface area contributed by atoms with Crippen molar-refractivity contribution in [1.29, 1.82) is 0 Å². The van der Waals surface area contributed by atoms with Crippen molar-refractivity contribution in [3.63, 3.8) is 0 Å². The minimum absolute atomic E-state index is 0.0194. The van der Waals surface area contributed by atoms with Crippen LogP contribution in [0.15, 0.2) is 24.3 Å². The van der Waals surface area contributed by atoms with Gasteiger partial charge in [-0.2, -0.15) is 0 Å². The van der Waals surface area contributed by atoms with Crippen LogP contribution in [0.25, 0.3) is 0 Å². The van der Waals surface area contributed by atoms with E-state index in [1.165, 1.54) is 24.3 Å². The summed E-state index contributed by atoms with van der Waals surface area (Å²) in [6.45, 7) is -1.35. The van der Waals surface area contributed by atoms with Gasteiger partial charge < -0.3 is 48.7 Å². The van der Waals surface area contributed by atoms with Crippen molar-refractivity contribution in [2.24, 2.45) is 17.2 Å². The van der Waals surface area contributed by atoms with Crippen LogP contribution in [0.1, 0.15) is 18.4 Å². The highest BCUT2D eigenvalue weighted by Gasteiger charge is 2.25. The Balaban J connectivity index is 2.64. The highest BCUT2D eigenvalue weighted by Crippen LogP contribution is 2.11. The predicted molar refractivity (Wildman–Crippen MR) is 125 cm³/mol.